The van der Waals surface area contributed by atoms with Crippen molar-refractivity contribution < 1.29 is 24.3 Å². The fourth-order valence-corrected chi connectivity index (χ4v) is 7.44. The molecule has 2 aliphatic rings. The smallest absolute Gasteiger partial charge is 0.352 e. The molecule has 4 N–H and O–H groups in total. The van der Waals surface area contributed by atoms with Crippen LogP contribution in [0.2, 0.25) is 0 Å². The normalized spacial score (nSPS) is 18.2. The molecule has 3 aromatic carbocycles. The molecule has 4 aromatic rings. The van der Waals surface area contributed by atoms with Crippen molar-refractivity contribution in [3.63, 3.8) is 0 Å². The second kappa shape index (κ2) is 13.0. The highest BCUT2D eigenvalue weighted by atomic mass is 32.2. The Morgan fingerprint density at radius 1 is 1.02 bits per heavy atom. The number of hydrogen-bond acceptors (Lipinski definition) is 9. The van der Waals surface area contributed by atoms with Crippen LogP contribution in [-0.4, -0.2) is 55.7 Å². The van der Waals surface area contributed by atoms with Crippen LogP contribution in [0.4, 0.5) is 5.13 Å². The van der Waals surface area contributed by atoms with E-state index in [-0.39, 0.29) is 22.2 Å². The summed E-state index contributed by atoms with van der Waals surface area (Å²) in [4.78, 5) is 51.4. The van der Waals surface area contributed by atoms with E-state index in [4.69, 9.17) is 10.6 Å². The molecule has 46 heavy (non-hydrogen) atoms. The van der Waals surface area contributed by atoms with Gasteiger partial charge in [0.1, 0.15) is 22.8 Å². The van der Waals surface area contributed by atoms with Crippen molar-refractivity contribution in [3.05, 3.63) is 142 Å². The third kappa shape index (κ3) is 5.57. The Bertz CT molecular complexity index is 1760. The summed E-state index contributed by atoms with van der Waals surface area (Å²) in [5.74, 6) is -2.08. The highest BCUT2D eigenvalue weighted by Crippen LogP contribution is 2.42. The zero-order valence-corrected chi connectivity index (χ0v) is 26.2. The molecule has 2 aliphatic heterocycles. The Morgan fingerprint density at radius 3 is 2.07 bits per heavy atom. The quantitative estimate of drug-likeness (QED) is 0.0964. The molecule has 1 unspecified atom stereocenters. The number of fused-ring (bicyclic) bond motifs is 1. The lowest BCUT2D eigenvalue weighted by Crippen LogP contribution is -2.71. The molecular formula is C34H29N5O5S2. The summed E-state index contributed by atoms with van der Waals surface area (Å²) in [5.41, 5.74) is 7.41. The fourth-order valence-electron chi connectivity index (χ4n) is 5.57. The van der Waals surface area contributed by atoms with E-state index in [1.807, 2.05) is 91.0 Å². The lowest BCUT2D eigenvalue weighted by atomic mass is 9.80. The van der Waals surface area contributed by atoms with E-state index in [0.717, 1.165) is 28.0 Å². The molecule has 3 heterocycles. The van der Waals surface area contributed by atoms with E-state index in [9.17, 15) is 19.5 Å². The molecular weight excluding hydrogens is 623 g/mol. The Morgan fingerprint density at radius 2 is 1.59 bits per heavy atom. The number of anilines is 1. The van der Waals surface area contributed by atoms with Crippen molar-refractivity contribution in [2.45, 2.75) is 23.9 Å². The molecule has 6 rings (SSSR count). The number of thiazole rings is 1. The predicted molar refractivity (Wildman–Crippen MR) is 178 cm³/mol. The Hall–Kier alpha value is -5.20. The summed E-state index contributed by atoms with van der Waals surface area (Å²) in [6.45, 7) is 1.78. The largest absolute Gasteiger partial charge is 0.477 e. The number of carboxylic acids is 1. The lowest BCUT2D eigenvalue weighted by molar-refractivity contribution is -0.150. The predicted octanol–water partition coefficient (Wildman–Crippen LogP) is 4.75. The summed E-state index contributed by atoms with van der Waals surface area (Å²) in [5, 5.41) is 18.3. The Labute approximate surface area is 273 Å². The summed E-state index contributed by atoms with van der Waals surface area (Å²) in [7, 11) is 0. The van der Waals surface area contributed by atoms with Crippen molar-refractivity contribution in [1.82, 2.24) is 15.2 Å². The van der Waals surface area contributed by atoms with Gasteiger partial charge in [0.25, 0.3) is 11.8 Å². The standard InChI is InChI=1S/C34H29N5O5S2/c1-2-12-21-19-45-31-27(30(41)39(31)28(21)32(42)43)37-29(40)26(25-20-46-33(35)36-25)38-44-34(22-13-6-3-7-14-22,23-15-8-4-9-16-23)24-17-10-5-11-18-24/h2-18,20,27,31H,19H2,1H3,(H2,35,36)(H,37,40)(H,42,43)/b12-2-,38-26+/t27?,31-/m1/s1. The van der Waals surface area contributed by atoms with Gasteiger partial charge in [-0.3, -0.25) is 14.5 Å². The van der Waals surface area contributed by atoms with Gasteiger partial charge in [-0.1, -0.05) is 108 Å². The average Bonchev–Trinajstić information content (AvgIpc) is 3.52. The Balaban J connectivity index is 1.40. The summed E-state index contributed by atoms with van der Waals surface area (Å²) in [6, 6.07) is 27.7. The summed E-state index contributed by atoms with van der Waals surface area (Å²) in [6.07, 6.45) is 3.41. The molecule has 0 saturated carbocycles. The van der Waals surface area contributed by atoms with Crippen LogP contribution in [-0.2, 0) is 24.8 Å². The van der Waals surface area contributed by atoms with Crippen LogP contribution < -0.4 is 11.1 Å². The van der Waals surface area contributed by atoms with Crippen LogP contribution >= 0.6 is 23.1 Å². The molecule has 0 aliphatic carbocycles. The van der Waals surface area contributed by atoms with E-state index in [1.165, 1.54) is 16.7 Å². The molecule has 12 heteroatoms. The van der Waals surface area contributed by atoms with Gasteiger partial charge in [0.2, 0.25) is 5.60 Å². The molecule has 0 spiro atoms. The number of oxime groups is 1. The molecule has 232 valence electrons. The monoisotopic (exact) mass is 651 g/mol. The van der Waals surface area contributed by atoms with E-state index >= 15 is 0 Å². The fraction of sp³-hybridized carbons (Fsp3) is 0.147. The number of β-lactam (4-membered cyclic amide) rings is 1. The van der Waals surface area contributed by atoms with Crippen LogP contribution in [0.3, 0.4) is 0 Å². The van der Waals surface area contributed by atoms with Crippen LogP contribution in [0.25, 0.3) is 0 Å². The average molecular weight is 652 g/mol. The second-order valence-corrected chi connectivity index (χ2v) is 12.4. The van der Waals surface area contributed by atoms with Gasteiger partial charge in [-0.05, 0) is 12.5 Å². The number of nitrogen functional groups attached to an aromatic ring is 1. The van der Waals surface area contributed by atoms with Gasteiger partial charge in [-0.15, -0.1) is 23.1 Å². The molecule has 10 nitrogen and oxygen atoms in total. The number of amides is 2. The zero-order valence-electron chi connectivity index (χ0n) is 24.6. The number of aromatic nitrogens is 1. The van der Waals surface area contributed by atoms with Crippen LogP contribution in [0.15, 0.2) is 125 Å². The van der Waals surface area contributed by atoms with Gasteiger partial charge in [0.05, 0.1) is 0 Å². The number of nitrogens with zero attached hydrogens (tertiary/aromatic N) is 3. The maximum absolute atomic E-state index is 14.0. The van der Waals surface area contributed by atoms with E-state index in [2.05, 4.69) is 15.5 Å². The van der Waals surface area contributed by atoms with Gasteiger partial charge in [-0.2, -0.15) is 0 Å². The highest BCUT2D eigenvalue weighted by molar-refractivity contribution is 8.00. The minimum atomic E-state index is -1.27. The van der Waals surface area contributed by atoms with Crippen molar-refractivity contribution in [2.24, 2.45) is 5.16 Å². The number of rotatable bonds is 10. The second-order valence-electron chi connectivity index (χ2n) is 10.4. The number of carboxylic acid groups (broad SMARTS) is 1. The number of carbonyl (C=O) groups excluding carboxylic acids is 2. The summed E-state index contributed by atoms with van der Waals surface area (Å²) < 4.78 is 0. The number of nitrogens with one attached hydrogen (secondary N) is 1. The van der Waals surface area contributed by atoms with Crippen molar-refractivity contribution in [3.8, 4) is 0 Å². The molecule has 1 fully saturated rings. The van der Waals surface area contributed by atoms with E-state index in [1.54, 1.807) is 24.5 Å². The third-order valence-corrected chi connectivity index (χ3v) is 9.63. The first-order valence-corrected chi connectivity index (χ1v) is 16.3. The van der Waals surface area contributed by atoms with Gasteiger partial charge in [-0.25, -0.2) is 9.78 Å². The van der Waals surface area contributed by atoms with Crippen molar-refractivity contribution in [1.29, 1.82) is 0 Å². The third-order valence-electron chi connectivity index (χ3n) is 7.65. The number of hydrogen-bond donors (Lipinski definition) is 3. The van der Waals surface area contributed by atoms with Gasteiger partial charge in [0.15, 0.2) is 10.8 Å². The molecule has 1 saturated heterocycles. The highest BCUT2D eigenvalue weighted by Gasteiger charge is 2.54. The topological polar surface area (TPSA) is 147 Å². The minimum Gasteiger partial charge on any atom is -0.477 e. The number of aliphatic carboxylic acids is 1. The number of allylic oxidation sites excluding steroid dienone is 2. The van der Waals surface area contributed by atoms with Gasteiger partial charge >= 0.3 is 5.97 Å². The van der Waals surface area contributed by atoms with Crippen molar-refractivity contribution in [2.75, 3.05) is 11.5 Å². The zero-order chi connectivity index (χ0) is 32.3. The molecule has 1 aromatic heterocycles. The van der Waals surface area contributed by atoms with Crippen LogP contribution in [0.5, 0.6) is 0 Å². The van der Waals surface area contributed by atoms with E-state index < -0.39 is 34.8 Å². The molecule has 2 atom stereocenters. The number of carbonyl (C=O) groups is 3. The molecule has 0 bridgehead atoms. The maximum Gasteiger partial charge on any atom is 0.352 e. The molecule has 0 radical (unpaired) electrons. The first-order chi connectivity index (χ1) is 22.3. The SMILES string of the molecule is C/C=C\C1=C(C(=O)O)N2C(=O)C(NC(=O)/C(=N/OC(c3ccccc3)(c3ccccc3)c3ccccc3)c3csc(N)n3)[C@H]2SC1. The first kappa shape index (κ1) is 30.8. The number of benzene rings is 3. The van der Waals surface area contributed by atoms with Gasteiger partial charge in [0, 0.05) is 27.8 Å². The van der Waals surface area contributed by atoms with Crippen molar-refractivity contribution >= 4 is 51.7 Å². The lowest BCUT2D eigenvalue weighted by Gasteiger charge is -2.49. The first-order valence-electron chi connectivity index (χ1n) is 14.3. The van der Waals surface area contributed by atoms with Crippen LogP contribution in [0.1, 0.15) is 29.3 Å². The molecule has 2 amide bonds. The number of nitrogens with two attached hydrogens (primary N) is 1. The Kier molecular flexibility index (Phi) is 8.73. The van der Waals surface area contributed by atoms with Crippen LogP contribution in [0, 0.1) is 0 Å². The van der Waals surface area contributed by atoms with Gasteiger partial charge < -0.3 is 21.0 Å². The summed E-state index contributed by atoms with van der Waals surface area (Å²) >= 11 is 2.50. The maximum atomic E-state index is 14.0. The minimum absolute atomic E-state index is 0.0831. The number of thioether (sulfide) groups is 1. The van der Waals surface area contributed by atoms with E-state index in [0.29, 0.717) is 11.3 Å².